The van der Waals surface area contributed by atoms with Crippen LogP contribution in [0.4, 0.5) is 0 Å². The molecule has 0 aromatic carbocycles. The number of carbonyl (C=O) groups is 1. The highest BCUT2D eigenvalue weighted by molar-refractivity contribution is 5.80. The van der Waals surface area contributed by atoms with E-state index in [-0.39, 0.29) is 11.9 Å². The Morgan fingerprint density at radius 3 is 3.00 bits per heavy atom. The Morgan fingerprint density at radius 2 is 2.40 bits per heavy atom. The van der Waals surface area contributed by atoms with Gasteiger partial charge in [-0.1, -0.05) is 13.8 Å². The fraction of sp³-hybridized carbons (Fsp3) is 0.900. The van der Waals surface area contributed by atoms with Crippen LogP contribution in [0.3, 0.4) is 0 Å². The number of morpholine rings is 1. The van der Waals surface area contributed by atoms with Gasteiger partial charge >= 0.3 is 0 Å². The molecule has 5 heteroatoms. The van der Waals surface area contributed by atoms with Crippen LogP contribution in [-0.2, 0) is 9.53 Å². The van der Waals surface area contributed by atoms with Crippen LogP contribution >= 0.6 is 0 Å². The molecule has 1 rings (SSSR count). The highest BCUT2D eigenvalue weighted by Gasteiger charge is 2.26. The van der Waals surface area contributed by atoms with Gasteiger partial charge in [0.2, 0.25) is 5.91 Å². The fourth-order valence-corrected chi connectivity index (χ4v) is 1.66. The number of primary amides is 1. The largest absolute Gasteiger partial charge is 0.378 e. The summed E-state index contributed by atoms with van der Waals surface area (Å²) in [5, 5.41) is 3.32. The van der Waals surface area contributed by atoms with Crippen molar-refractivity contribution in [3.8, 4) is 0 Å². The van der Waals surface area contributed by atoms with Crippen molar-refractivity contribution in [3.63, 3.8) is 0 Å². The van der Waals surface area contributed by atoms with Gasteiger partial charge in [-0.05, 0) is 0 Å². The number of ether oxygens (including phenoxy) is 1. The lowest BCUT2D eigenvalue weighted by atomic mass is 10.2. The zero-order valence-electron chi connectivity index (χ0n) is 9.53. The second-order valence-electron chi connectivity index (χ2n) is 4.14. The molecule has 0 aromatic heterocycles. The number of hydrogen-bond donors (Lipinski definition) is 2. The molecule has 1 aliphatic heterocycles. The van der Waals surface area contributed by atoms with E-state index in [0.717, 1.165) is 19.6 Å². The number of rotatable bonds is 5. The maximum absolute atomic E-state index is 11.1. The van der Waals surface area contributed by atoms with Crippen molar-refractivity contribution in [2.24, 2.45) is 5.73 Å². The summed E-state index contributed by atoms with van der Waals surface area (Å²) in [6.45, 7) is 7.82. The van der Waals surface area contributed by atoms with E-state index >= 15 is 0 Å². The quantitative estimate of drug-likeness (QED) is 0.628. The fourth-order valence-electron chi connectivity index (χ4n) is 1.66. The molecule has 0 spiro atoms. The molecule has 5 nitrogen and oxygen atoms in total. The summed E-state index contributed by atoms with van der Waals surface area (Å²) in [6.07, 6.45) is 0. The molecule has 88 valence electrons. The number of nitrogens with one attached hydrogen (secondary N) is 1. The zero-order chi connectivity index (χ0) is 11.3. The lowest BCUT2D eigenvalue weighted by Gasteiger charge is -2.33. The van der Waals surface area contributed by atoms with Crippen molar-refractivity contribution < 1.29 is 9.53 Å². The number of amides is 1. The van der Waals surface area contributed by atoms with Crippen molar-refractivity contribution in [2.75, 3.05) is 32.8 Å². The minimum Gasteiger partial charge on any atom is -0.378 e. The summed E-state index contributed by atoms with van der Waals surface area (Å²) in [7, 11) is 0. The van der Waals surface area contributed by atoms with Crippen molar-refractivity contribution in [2.45, 2.75) is 25.9 Å². The predicted molar refractivity (Wildman–Crippen MR) is 58.5 cm³/mol. The van der Waals surface area contributed by atoms with Gasteiger partial charge in [0, 0.05) is 25.7 Å². The van der Waals surface area contributed by atoms with E-state index in [4.69, 9.17) is 10.5 Å². The van der Waals surface area contributed by atoms with Crippen LogP contribution < -0.4 is 11.1 Å². The molecule has 1 aliphatic rings. The molecule has 1 saturated heterocycles. The van der Waals surface area contributed by atoms with Gasteiger partial charge in [0.15, 0.2) is 0 Å². The molecule has 1 unspecified atom stereocenters. The summed E-state index contributed by atoms with van der Waals surface area (Å²) in [6, 6.07) is 0.214. The van der Waals surface area contributed by atoms with E-state index in [1.165, 1.54) is 0 Å². The third-order valence-electron chi connectivity index (χ3n) is 2.52. The Morgan fingerprint density at radius 1 is 1.67 bits per heavy atom. The number of hydrogen-bond acceptors (Lipinski definition) is 4. The maximum Gasteiger partial charge on any atom is 0.237 e. The van der Waals surface area contributed by atoms with Crippen LogP contribution in [0.5, 0.6) is 0 Å². The smallest absolute Gasteiger partial charge is 0.237 e. The molecule has 15 heavy (non-hydrogen) atoms. The van der Waals surface area contributed by atoms with Crippen molar-refractivity contribution in [1.29, 1.82) is 0 Å². The van der Waals surface area contributed by atoms with E-state index < -0.39 is 0 Å². The van der Waals surface area contributed by atoms with Gasteiger partial charge in [-0.3, -0.25) is 9.69 Å². The number of carbonyl (C=O) groups excluding carboxylic acids is 1. The number of nitrogens with two attached hydrogens (primary N) is 1. The Hall–Kier alpha value is -0.650. The number of nitrogens with zero attached hydrogens (tertiary/aromatic N) is 1. The topological polar surface area (TPSA) is 67.6 Å². The maximum atomic E-state index is 11.1. The lowest BCUT2D eigenvalue weighted by Crippen LogP contribution is -2.54. The molecular formula is C10H21N3O2. The van der Waals surface area contributed by atoms with Gasteiger partial charge in [0.1, 0.15) is 6.04 Å². The first-order valence-corrected chi connectivity index (χ1v) is 5.45. The third-order valence-corrected chi connectivity index (χ3v) is 2.52. The Bertz CT molecular complexity index is 209. The van der Waals surface area contributed by atoms with Gasteiger partial charge < -0.3 is 15.8 Å². The summed E-state index contributed by atoms with van der Waals surface area (Å²) < 4.78 is 5.24. The van der Waals surface area contributed by atoms with Crippen LogP contribution in [-0.4, -0.2) is 55.7 Å². The van der Waals surface area contributed by atoms with E-state index in [1.807, 2.05) is 0 Å². The molecular weight excluding hydrogens is 194 g/mol. The highest BCUT2D eigenvalue weighted by Crippen LogP contribution is 2.05. The van der Waals surface area contributed by atoms with Crippen LogP contribution in [0.1, 0.15) is 13.8 Å². The average Bonchev–Trinajstić information content (AvgIpc) is 2.17. The minimum atomic E-state index is -0.292. The SMILES string of the molecule is CC(C)NCCN1CCOCC1C(N)=O. The molecule has 0 aliphatic carbocycles. The Balaban J connectivity index is 2.33. The molecule has 1 fully saturated rings. The van der Waals surface area contributed by atoms with Gasteiger partial charge in [0.25, 0.3) is 0 Å². The Kier molecular flexibility index (Phi) is 5.01. The van der Waals surface area contributed by atoms with Crippen LogP contribution in [0.2, 0.25) is 0 Å². The summed E-state index contributed by atoms with van der Waals surface area (Å²) in [5.41, 5.74) is 5.31. The van der Waals surface area contributed by atoms with Gasteiger partial charge in [-0.25, -0.2) is 0 Å². The lowest BCUT2D eigenvalue weighted by molar-refractivity contribution is -0.129. The monoisotopic (exact) mass is 215 g/mol. The van der Waals surface area contributed by atoms with Gasteiger partial charge in [-0.2, -0.15) is 0 Å². The zero-order valence-corrected chi connectivity index (χ0v) is 9.53. The highest BCUT2D eigenvalue weighted by atomic mass is 16.5. The molecule has 1 amide bonds. The van der Waals surface area contributed by atoms with E-state index in [1.54, 1.807) is 0 Å². The van der Waals surface area contributed by atoms with E-state index in [9.17, 15) is 4.79 Å². The van der Waals surface area contributed by atoms with E-state index in [2.05, 4.69) is 24.1 Å². The third kappa shape index (κ3) is 4.15. The molecule has 3 N–H and O–H groups in total. The average molecular weight is 215 g/mol. The first-order chi connectivity index (χ1) is 7.11. The van der Waals surface area contributed by atoms with Gasteiger partial charge in [0.05, 0.1) is 13.2 Å². The van der Waals surface area contributed by atoms with Crippen LogP contribution in [0.15, 0.2) is 0 Å². The van der Waals surface area contributed by atoms with Gasteiger partial charge in [-0.15, -0.1) is 0 Å². The molecule has 1 heterocycles. The minimum absolute atomic E-state index is 0.257. The molecule has 1 atom stereocenters. The summed E-state index contributed by atoms with van der Waals surface area (Å²) >= 11 is 0. The molecule has 0 radical (unpaired) electrons. The van der Waals surface area contributed by atoms with Crippen LogP contribution in [0.25, 0.3) is 0 Å². The second-order valence-corrected chi connectivity index (χ2v) is 4.14. The predicted octanol–water partition coefficient (Wildman–Crippen LogP) is -0.829. The van der Waals surface area contributed by atoms with Crippen molar-refractivity contribution >= 4 is 5.91 Å². The van der Waals surface area contributed by atoms with Crippen molar-refractivity contribution in [3.05, 3.63) is 0 Å². The first kappa shape index (κ1) is 12.4. The first-order valence-electron chi connectivity index (χ1n) is 5.45. The van der Waals surface area contributed by atoms with Crippen LogP contribution in [0, 0.1) is 0 Å². The molecule has 0 bridgehead atoms. The second kappa shape index (κ2) is 6.05. The van der Waals surface area contributed by atoms with Crippen molar-refractivity contribution in [1.82, 2.24) is 10.2 Å². The molecule has 0 aromatic rings. The molecule has 0 saturated carbocycles. The summed E-state index contributed by atoms with van der Waals surface area (Å²) in [5.74, 6) is -0.292. The van der Waals surface area contributed by atoms with E-state index in [0.29, 0.717) is 19.3 Å². The normalized spacial score (nSPS) is 23.3. The Labute approximate surface area is 90.9 Å². The standard InChI is InChI=1S/C10H21N3O2/c1-8(2)12-3-4-13-5-6-15-7-9(13)10(11)14/h8-9,12H,3-7H2,1-2H3,(H2,11,14). The summed E-state index contributed by atoms with van der Waals surface area (Å²) in [4.78, 5) is 13.2.